The molecule has 0 saturated carbocycles. The number of amides is 1. The Bertz CT molecular complexity index is 1010. The third-order valence-corrected chi connectivity index (χ3v) is 4.63. The number of pyridine rings is 1. The van der Waals surface area contributed by atoms with Crippen molar-refractivity contribution < 1.29 is 9.32 Å². The third kappa shape index (κ3) is 3.52. The molecule has 1 aromatic carbocycles. The molecule has 3 aromatic heterocycles. The lowest BCUT2D eigenvalue weighted by molar-refractivity contribution is 0.102. The summed E-state index contributed by atoms with van der Waals surface area (Å²) in [5, 5.41) is 8.92. The van der Waals surface area contributed by atoms with Crippen molar-refractivity contribution in [3.8, 4) is 10.7 Å². The highest BCUT2D eigenvalue weighted by Gasteiger charge is 2.13. The first-order valence-electron chi connectivity index (χ1n) is 7.95. The van der Waals surface area contributed by atoms with Crippen molar-refractivity contribution in [3.05, 3.63) is 83.3 Å². The van der Waals surface area contributed by atoms with E-state index >= 15 is 0 Å². The molecule has 1 N–H and O–H groups in total. The molecule has 3 heterocycles. The number of carbonyl (C=O) groups is 1. The molecule has 128 valence electrons. The van der Waals surface area contributed by atoms with Crippen LogP contribution in [0.1, 0.15) is 21.8 Å². The molecule has 0 saturated heterocycles. The van der Waals surface area contributed by atoms with Gasteiger partial charge in [0.15, 0.2) is 0 Å². The standard InChI is InChI=1S/C19H14N4O2S/c24-19(13-7-9-20-10-8-13)21-15-5-2-1-4-14(15)12-17-22-18(23-25-17)16-6-3-11-26-16/h1-11H,12H2,(H,21,24). The normalized spacial score (nSPS) is 10.6. The Morgan fingerprint density at radius 1 is 1.08 bits per heavy atom. The maximum absolute atomic E-state index is 12.4. The summed E-state index contributed by atoms with van der Waals surface area (Å²) >= 11 is 1.56. The monoisotopic (exact) mass is 362 g/mol. The van der Waals surface area contributed by atoms with Crippen molar-refractivity contribution in [3.63, 3.8) is 0 Å². The van der Waals surface area contributed by atoms with Gasteiger partial charge in [-0.3, -0.25) is 9.78 Å². The molecule has 6 nitrogen and oxygen atoms in total. The van der Waals surface area contributed by atoms with Crippen LogP contribution in [-0.4, -0.2) is 21.0 Å². The van der Waals surface area contributed by atoms with Crippen LogP contribution in [0.5, 0.6) is 0 Å². The number of benzene rings is 1. The second kappa shape index (κ2) is 7.28. The summed E-state index contributed by atoms with van der Waals surface area (Å²) in [4.78, 5) is 21.7. The fraction of sp³-hybridized carbons (Fsp3) is 0.0526. The highest BCUT2D eigenvalue weighted by molar-refractivity contribution is 7.13. The summed E-state index contributed by atoms with van der Waals surface area (Å²) in [5.74, 6) is 0.886. The molecule has 0 unspecified atom stereocenters. The van der Waals surface area contributed by atoms with Crippen molar-refractivity contribution in [2.24, 2.45) is 0 Å². The Kier molecular flexibility index (Phi) is 4.53. The molecule has 4 rings (SSSR count). The lowest BCUT2D eigenvalue weighted by Crippen LogP contribution is -2.13. The van der Waals surface area contributed by atoms with Gasteiger partial charge in [-0.25, -0.2) is 0 Å². The number of carbonyl (C=O) groups excluding carboxylic acids is 1. The van der Waals surface area contributed by atoms with Gasteiger partial charge in [0.05, 0.1) is 11.3 Å². The summed E-state index contributed by atoms with van der Waals surface area (Å²) in [7, 11) is 0. The van der Waals surface area contributed by atoms with Gasteiger partial charge in [0.25, 0.3) is 5.91 Å². The molecular weight excluding hydrogens is 348 g/mol. The zero-order valence-corrected chi connectivity index (χ0v) is 14.4. The maximum Gasteiger partial charge on any atom is 0.255 e. The van der Waals surface area contributed by atoms with E-state index in [1.807, 2.05) is 41.8 Å². The number of nitrogens with one attached hydrogen (secondary N) is 1. The topological polar surface area (TPSA) is 80.9 Å². The third-order valence-electron chi connectivity index (χ3n) is 3.76. The average molecular weight is 362 g/mol. The van der Waals surface area contributed by atoms with E-state index < -0.39 is 0 Å². The molecule has 0 radical (unpaired) electrons. The van der Waals surface area contributed by atoms with Gasteiger partial charge in [0, 0.05) is 23.6 Å². The van der Waals surface area contributed by atoms with Gasteiger partial charge in [-0.15, -0.1) is 11.3 Å². The molecule has 0 fully saturated rings. The van der Waals surface area contributed by atoms with Crippen LogP contribution in [0.15, 0.2) is 70.8 Å². The minimum absolute atomic E-state index is 0.190. The molecule has 0 aliphatic rings. The number of aromatic nitrogens is 3. The molecule has 0 bridgehead atoms. The zero-order valence-electron chi connectivity index (χ0n) is 13.6. The predicted molar refractivity (Wildman–Crippen MR) is 99.0 cm³/mol. The molecule has 0 aliphatic carbocycles. The summed E-state index contributed by atoms with van der Waals surface area (Å²) in [5.41, 5.74) is 2.16. The lowest BCUT2D eigenvalue weighted by atomic mass is 10.1. The predicted octanol–water partition coefficient (Wildman–Crippen LogP) is 4.04. The number of rotatable bonds is 5. The Balaban J connectivity index is 1.54. The van der Waals surface area contributed by atoms with Crippen molar-refractivity contribution in [2.75, 3.05) is 5.32 Å². The molecule has 0 spiro atoms. The van der Waals surface area contributed by atoms with Gasteiger partial charge < -0.3 is 9.84 Å². The van der Waals surface area contributed by atoms with Crippen LogP contribution in [0.2, 0.25) is 0 Å². The van der Waals surface area contributed by atoms with E-state index in [9.17, 15) is 4.79 Å². The van der Waals surface area contributed by atoms with Gasteiger partial charge in [-0.2, -0.15) is 4.98 Å². The lowest BCUT2D eigenvalue weighted by Gasteiger charge is -2.09. The summed E-state index contributed by atoms with van der Waals surface area (Å²) in [6.45, 7) is 0. The Morgan fingerprint density at radius 2 is 1.92 bits per heavy atom. The Hall–Kier alpha value is -3.32. The number of para-hydroxylation sites is 1. The molecule has 26 heavy (non-hydrogen) atoms. The van der Waals surface area contributed by atoms with Crippen LogP contribution in [0.4, 0.5) is 5.69 Å². The van der Waals surface area contributed by atoms with Gasteiger partial charge in [-0.05, 0) is 35.2 Å². The minimum atomic E-state index is -0.190. The van der Waals surface area contributed by atoms with Crippen molar-refractivity contribution in [1.82, 2.24) is 15.1 Å². The SMILES string of the molecule is O=C(Nc1ccccc1Cc1nc(-c2cccs2)no1)c1ccncc1. The zero-order chi connectivity index (χ0) is 17.8. The number of hydrogen-bond acceptors (Lipinski definition) is 6. The second-order valence-corrected chi connectivity index (χ2v) is 6.46. The number of nitrogens with zero attached hydrogens (tertiary/aromatic N) is 3. The van der Waals surface area contributed by atoms with Gasteiger partial charge >= 0.3 is 0 Å². The molecule has 1 amide bonds. The van der Waals surface area contributed by atoms with E-state index in [1.165, 1.54) is 0 Å². The van der Waals surface area contributed by atoms with E-state index in [1.54, 1.807) is 35.9 Å². The fourth-order valence-electron chi connectivity index (χ4n) is 2.49. The molecule has 7 heteroatoms. The van der Waals surface area contributed by atoms with Gasteiger partial charge in [-0.1, -0.05) is 29.4 Å². The Morgan fingerprint density at radius 3 is 2.73 bits per heavy atom. The van der Waals surface area contributed by atoms with Crippen LogP contribution in [0.3, 0.4) is 0 Å². The molecule has 4 aromatic rings. The number of anilines is 1. The molecule has 0 atom stereocenters. The average Bonchev–Trinajstić information content (AvgIpc) is 3.36. The highest BCUT2D eigenvalue weighted by Crippen LogP contribution is 2.24. The summed E-state index contributed by atoms with van der Waals surface area (Å²) < 4.78 is 5.36. The van der Waals surface area contributed by atoms with Crippen molar-refractivity contribution in [1.29, 1.82) is 0 Å². The van der Waals surface area contributed by atoms with Crippen LogP contribution in [-0.2, 0) is 6.42 Å². The second-order valence-electron chi connectivity index (χ2n) is 5.51. The largest absolute Gasteiger partial charge is 0.339 e. The van der Waals surface area contributed by atoms with E-state index in [-0.39, 0.29) is 5.91 Å². The highest BCUT2D eigenvalue weighted by atomic mass is 32.1. The van der Waals surface area contributed by atoms with Crippen LogP contribution >= 0.6 is 11.3 Å². The number of hydrogen-bond donors (Lipinski definition) is 1. The summed E-state index contributed by atoms with van der Waals surface area (Å²) in [6.07, 6.45) is 3.61. The summed E-state index contributed by atoms with van der Waals surface area (Å²) in [6, 6.07) is 14.8. The van der Waals surface area contributed by atoms with E-state index in [4.69, 9.17) is 4.52 Å². The van der Waals surface area contributed by atoms with Crippen molar-refractivity contribution >= 4 is 22.9 Å². The smallest absolute Gasteiger partial charge is 0.255 e. The first kappa shape index (κ1) is 16.2. The first-order chi connectivity index (χ1) is 12.8. The quantitative estimate of drug-likeness (QED) is 0.579. The van der Waals surface area contributed by atoms with Gasteiger partial charge in [0.2, 0.25) is 11.7 Å². The first-order valence-corrected chi connectivity index (χ1v) is 8.83. The Labute approximate surface area is 153 Å². The molecular formula is C19H14N4O2S. The van der Waals surface area contributed by atoms with Crippen molar-refractivity contribution in [2.45, 2.75) is 6.42 Å². The van der Waals surface area contributed by atoms with Gasteiger partial charge in [0.1, 0.15) is 0 Å². The molecule has 0 aliphatic heterocycles. The van der Waals surface area contributed by atoms with Crippen LogP contribution < -0.4 is 5.32 Å². The number of thiophene rings is 1. The van der Waals surface area contributed by atoms with E-state index in [2.05, 4.69) is 20.4 Å². The minimum Gasteiger partial charge on any atom is -0.339 e. The van der Waals surface area contributed by atoms with E-state index in [0.29, 0.717) is 29.4 Å². The van der Waals surface area contributed by atoms with Crippen LogP contribution in [0, 0.1) is 0 Å². The van der Waals surface area contributed by atoms with Crippen LogP contribution in [0.25, 0.3) is 10.7 Å². The maximum atomic E-state index is 12.4. The van der Waals surface area contributed by atoms with E-state index in [0.717, 1.165) is 10.4 Å². The fourth-order valence-corrected chi connectivity index (χ4v) is 3.14.